The van der Waals surface area contributed by atoms with Crippen molar-refractivity contribution in [1.82, 2.24) is 4.31 Å². The first-order valence-electron chi connectivity index (χ1n) is 8.40. The fourth-order valence-corrected chi connectivity index (χ4v) is 6.09. The number of rotatable bonds is 4. The Hall–Kier alpha value is -0.620. The number of benzene rings is 1. The molecular formula is C17H24ClNO3S. The molecule has 1 saturated carbocycles. The number of nitrogens with zero attached hydrogens (tertiary/aromatic N) is 1. The summed E-state index contributed by atoms with van der Waals surface area (Å²) in [5, 5.41) is 10.9. The normalized spacial score (nSPS) is 27.4. The zero-order chi connectivity index (χ0) is 16.4. The first-order valence-corrected chi connectivity index (χ1v) is 10.4. The molecule has 1 heterocycles. The van der Waals surface area contributed by atoms with Crippen molar-refractivity contribution < 1.29 is 13.5 Å². The smallest absolute Gasteiger partial charge is 0.215 e. The van der Waals surface area contributed by atoms with Crippen molar-refractivity contribution in [2.45, 2.75) is 50.7 Å². The first kappa shape index (κ1) is 17.2. The van der Waals surface area contributed by atoms with Crippen LogP contribution in [0.1, 0.15) is 50.1 Å². The highest BCUT2D eigenvalue weighted by atomic mass is 35.5. The van der Waals surface area contributed by atoms with Crippen LogP contribution in [-0.2, 0) is 10.0 Å². The van der Waals surface area contributed by atoms with Gasteiger partial charge in [-0.05, 0) is 42.9 Å². The minimum Gasteiger partial charge on any atom is -0.391 e. The van der Waals surface area contributed by atoms with Crippen LogP contribution in [0.15, 0.2) is 24.3 Å². The van der Waals surface area contributed by atoms with Gasteiger partial charge in [0, 0.05) is 11.6 Å². The molecule has 23 heavy (non-hydrogen) atoms. The van der Waals surface area contributed by atoms with Crippen LogP contribution < -0.4 is 0 Å². The number of aliphatic hydroxyl groups excluding tert-OH is 1. The highest BCUT2D eigenvalue weighted by Gasteiger charge is 2.41. The lowest BCUT2D eigenvalue weighted by molar-refractivity contribution is 0.142. The van der Waals surface area contributed by atoms with Gasteiger partial charge in [-0.1, -0.05) is 43.0 Å². The van der Waals surface area contributed by atoms with Crippen LogP contribution >= 0.6 is 11.6 Å². The third-order valence-corrected chi connectivity index (χ3v) is 7.33. The van der Waals surface area contributed by atoms with E-state index in [1.54, 1.807) is 12.1 Å². The van der Waals surface area contributed by atoms with Crippen molar-refractivity contribution in [2.75, 3.05) is 12.3 Å². The quantitative estimate of drug-likeness (QED) is 0.898. The molecule has 2 atom stereocenters. The van der Waals surface area contributed by atoms with Gasteiger partial charge in [0.05, 0.1) is 17.9 Å². The van der Waals surface area contributed by atoms with Gasteiger partial charge >= 0.3 is 0 Å². The molecule has 1 N–H and O–H groups in total. The summed E-state index contributed by atoms with van der Waals surface area (Å²) in [5.74, 6) is 0.474. The van der Waals surface area contributed by atoms with Crippen molar-refractivity contribution in [3.05, 3.63) is 34.9 Å². The fraction of sp³-hybridized carbons (Fsp3) is 0.647. The lowest BCUT2D eigenvalue weighted by Gasteiger charge is -2.29. The Morgan fingerprint density at radius 3 is 2.39 bits per heavy atom. The summed E-state index contributed by atoms with van der Waals surface area (Å²) in [6, 6.07) is 6.62. The summed E-state index contributed by atoms with van der Waals surface area (Å²) >= 11 is 5.92. The molecule has 3 rings (SSSR count). The second-order valence-electron chi connectivity index (χ2n) is 6.75. The molecule has 1 aromatic rings. The van der Waals surface area contributed by atoms with Crippen LogP contribution in [0.2, 0.25) is 5.02 Å². The van der Waals surface area contributed by atoms with Gasteiger partial charge in [0.15, 0.2) is 0 Å². The molecule has 0 bridgehead atoms. The molecule has 2 aliphatic rings. The third-order valence-electron chi connectivity index (χ3n) is 5.06. The molecule has 1 aromatic carbocycles. The molecule has 0 aromatic heterocycles. The minimum absolute atomic E-state index is 0.212. The van der Waals surface area contributed by atoms with Crippen LogP contribution in [-0.4, -0.2) is 36.2 Å². The molecule has 6 heteroatoms. The van der Waals surface area contributed by atoms with E-state index in [1.807, 2.05) is 12.1 Å². The molecule has 0 spiro atoms. The van der Waals surface area contributed by atoms with Gasteiger partial charge in [0.2, 0.25) is 10.0 Å². The summed E-state index contributed by atoms with van der Waals surface area (Å²) in [4.78, 5) is 0. The van der Waals surface area contributed by atoms with Gasteiger partial charge < -0.3 is 5.11 Å². The van der Waals surface area contributed by atoms with Gasteiger partial charge in [-0.2, -0.15) is 4.31 Å². The molecule has 0 amide bonds. The molecule has 4 nitrogen and oxygen atoms in total. The van der Waals surface area contributed by atoms with E-state index in [-0.39, 0.29) is 11.7 Å². The molecule has 1 saturated heterocycles. The molecule has 128 valence electrons. The molecule has 1 aliphatic carbocycles. The summed E-state index contributed by atoms with van der Waals surface area (Å²) in [6.07, 6.45) is 5.30. The largest absolute Gasteiger partial charge is 0.391 e. The maximum atomic E-state index is 12.9. The molecule has 0 unspecified atom stereocenters. The van der Waals surface area contributed by atoms with Gasteiger partial charge in [0.25, 0.3) is 0 Å². The van der Waals surface area contributed by atoms with Crippen LogP contribution in [0.4, 0.5) is 0 Å². The van der Waals surface area contributed by atoms with E-state index in [4.69, 9.17) is 11.6 Å². The Balaban J connectivity index is 1.80. The maximum Gasteiger partial charge on any atom is 0.215 e. The van der Waals surface area contributed by atoms with E-state index in [0.717, 1.165) is 31.2 Å². The molecular weight excluding hydrogens is 334 g/mol. The zero-order valence-electron chi connectivity index (χ0n) is 13.2. The SMILES string of the molecule is O=S(=O)(CC1CCCCC1)N1CC[C@@H](O)[C@H]1c1ccc(Cl)cc1. The fourth-order valence-electron chi connectivity index (χ4n) is 3.86. The first-order chi connectivity index (χ1) is 11.0. The zero-order valence-corrected chi connectivity index (χ0v) is 14.8. The number of aliphatic hydroxyl groups is 1. The number of halogens is 1. The van der Waals surface area contributed by atoms with E-state index < -0.39 is 22.2 Å². The van der Waals surface area contributed by atoms with E-state index >= 15 is 0 Å². The van der Waals surface area contributed by atoms with Gasteiger partial charge in [0.1, 0.15) is 0 Å². The van der Waals surface area contributed by atoms with Gasteiger partial charge in [-0.15, -0.1) is 0 Å². The van der Waals surface area contributed by atoms with Gasteiger partial charge in [-0.25, -0.2) is 8.42 Å². The van der Waals surface area contributed by atoms with Crippen molar-refractivity contribution in [3.8, 4) is 0 Å². The predicted molar refractivity (Wildman–Crippen MR) is 91.9 cm³/mol. The van der Waals surface area contributed by atoms with E-state index in [1.165, 1.54) is 10.7 Å². The number of hydrogen-bond acceptors (Lipinski definition) is 3. The van der Waals surface area contributed by atoms with Crippen LogP contribution in [0.25, 0.3) is 0 Å². The van der Waals surface area contributed by atoms with Gasteiger partial charge in [-0.3, -0.25) is 0 Å². The Morgan fingerprint density at radius 2 is 1.74 bits per heavy atom. The maximum absolute atomic E-state index is 12.9. The summed E-state index contributed by atoms with van der Waals surface area (Å²) in [6.45, 7) is 0.392. The van der Waals surface area contributed by atoms with E-state index in [2.05, 4.69) is 0 Å². The van der Waals surface area contributed by atoms with Crippen molar-refractivity contribution in [2.24, 2.45) is 5.92 Å². The average Bonchev–Trinajstić information content (AvgIpc) is 2.91. The van der Waals surface area contributed by atoms with Crippen molar-refractivity contribution in [1.29, 1.82) is 0 Å². The van der Waals surface area contributed by atoms with Crippen molar-refractivity contribution >= 4 is 21.6 Å². The van der Waals surface area contributed by atoms with Crippen molar-refractivity contribution in [3.63, 3.8) is 0 Å². The number of hydrogen-bond donors (Lipinski definition) is 1. The Kier molecular flexibility index (Phi) is 5.31. The summed E-state index contributed by atoms with van der Waals surface area (Å²) in [7, 11) is -3.36. The Labute approximate surface area is 143 Å². The highest BCUT2D eigenvalue weighted by Crippen LogP contribution is 2.36. The Bertz CT molecular complexity index is 626. The van der Waals surface area contributed by atoms with Crippen LogP contribution in [0.3, 0.4) is 0 Å². The highest BCUT2D eigenvalue weighted by molar-refractivity contribution is 7.89. The topological polar surface area (TPSA) is 57.6 Å². The predicted octanol–water partition coefficient (Wildman–Crippen LogP) is 3.36. The molecule has 2 fully saturated rings. The monoisotopic (exact) mass is 357 g/mol. The van der Waals surface area contributed by atoms with E-state index in [0.29, 0.717) is 18.0 Å². The third kappa shape index (κ3) is 3.90. The Morgan fingerprint density at radius 1 is 1.09 bits per heavy atom. The molecule has 1 aliphatic heterocycles. The second-order valence-corrected chi connectivity index (χ2v) is 9.15. The van der Waals surface area contributed by atoms with Crippen LogP contribution in [0.5, 0.6) is 0 Å². The lowest BCUT2D eigenvalue weighted by atomic mass is 9.91. The average molecular weight is 358 g/mol. The summed E-state index contributed by atoms with van der Waals surface area (Å²) in [5.41, 5.74) is 0.812. The second kappa shape index (κ2) is 7.09. The number of sulfonamides is 1. The van der Waals surface area contributed by atoms with Crippen LogP contribution in [0, 0.1) is 5.92 Å². The standard InChI is InChI=1S/C17H24ClNO3S/c18-15-8-6-14(7-9-15)17-16(20)10-11-19(17)23(21,22)12-13-4-2-1-3-5-13/h6-9,13,16-17,20H,1-5,10-12H2/t16-,17-/m1/s1. The minimum atomic E-state index is -3.36. The van der Waals surface area contributed by atoms with E-state index in [9.17, 15) is 13.5 Å². The summed E-state index contributed by atoms with van der Waals surface area (Å²) < 4.78 is 27.3. The molecule has 0 radical (unpaired) electrons. The lowest BCUT2D eigenvalue weighted by Crippen LogP contribution is -2.37.